The predicted molar refractivity (Wildman–Crippen MR) is 64.3 cm³/mol. The van der Waals surface area contributed by atoms with Gasteiger partial charge in [0, 0.05) is 31.5 Å². The van der Waals surface area contributed by atoms with Crippen LogP contribution in [0, 0.1) is 0 Å². The van der Waals surface area contributed by atoms with E-state index in [4.69, 9.17) is 9.72 Å². The highest BCUT2D eigenvalue weighted by molar-refractivity contribution is 5.23. The van der Waals surface area contributed by atoms with Gasteiger partial charge in [0.15, 0.2) is 5.82 Å². The van der Waals surface area contributed by atoms with Crippen LogP contribution >= 0.6 is 0 Å². The lowest BCUT2D eigenvalue weighted by Gasteiger charge is -2.27. The van der Waals surface area contributed by atoms with Crippen LogP contribution in [0.15, 0.2) is 6.20 Å². The van der Waals surface area contributed by atoms with Gasteiger partial charge in [-0.2, -0.15) is 0 Å². The normalized spacial score (nSPS) is 21.7. The second-order valence-corrected chi connectivity index (χ2v) is 4.90. The smallest absolute Gasteiger partial charge is 0.160 e. The molecule has 17 heavy (non-hydrogen) atoms. The molecule has 0 spiro atoms. The number of nitrogens with zero attached hydrogens (tertiary/aromatic N) is 2. The second kappa shape index (κ2) is 4.35. The van der Waals surface area contributed by atoms with Crippen molar-refractivity contribution in [2.75, 3.05) is 6.61 Å². The third kappa shape index (κ3) is 1.85. The van der Waals surface area contributed by atoms with Crippen molar-refractivity contribution >= 4 is 0 Å². The standard InChI is InChI=1S/C13H19N3O/c1-2-17-13(5-3-4-6-13)12-15-8-10-7-14-9-11(10)16-12/h8,14H,2-7,9H2,1H3. The van der Waals surface area contributed by atoms with E-state index in [9.17, 15) is 0 Å². The zero-order chi connectivity index (χ0) is 11.7. The van der Waals surface area contributed by atoms with Crippen LogP contribution in [0.1, 0.15) is 49.7 Å². The Morgan fingerprint density at radius 2 is 2.18 bits per heavy atom. The average Bonchev–Trinajstić information content (AvgIpc) is 2.96. The molecule has 0 saturated heterocycles. The van der Waals surface area contributed by atoms with Gasteiger partial charge in [0.25, 0.3) is 0 Å². The van der Waals surface area contributed by atoms with Crippen LogP contribution in [0.25, 0.3) is 0 Å². The van der Waals surface area contributed by atoms with Crippen LogP contribution in [-0.2, 0) is 23.4 Å². The molecule has 0 amide bonds. The Kier molecular flexibility index (Phi) is 2.84. The molecule has 1 aliphatic carbocycles. The van der Waals surface area contributed by atoms with E-state index < -0.39 is 0 Å². The molecule has 0 aromatic carbocycles. The minimum atomic E-state index is -0.202. The van der Waals surface area contributed by atoms with Crippen molar-refractivity contribution in [2.24, 2.45) is 0 Å². The summed E-state index contributed by atoms with van der Waals surface area (Å²) < 4.78 is 5.99. The summed E-state index contributed by atoms with van der Waals surface area (Å²) in [4.78, 5) is 9.27. The summed E-state index contributed by atoms with van der Waals surface area (Å²) in [7, 11) is 0. The van der Waals surface area contributed by atoms with Crippen molar-refractivity contribution in [3.63, 3.8) is 0 Å². The first kappa shape index (κ1) is 11.1. The molecule has 2 heterocycles. The van der Waals surface area contributed by atoms with E-state index in [1.54, 1.807) is 0 Å². The lowest BCUT2D eigenvalue weighted by atomic mass is 10.0. The number of ether oxygens (including phenoxy) is 1. The first-order valence-corrected chi connectivity index (χ1v) is 6.54. The quantitative estimate of drug-likeness (QED) is 0.866. The van der Waals surface area contributed by atoms with Gasteiger partial charge in [0.2, 0.25) is 0 Å². The minimum Gasteiger partial charge on any atom is -0.367 e. The van der Waals surface area contributed by atoms with Crippen molar-refractivity contribution in [2.45, 2.75) is 51.3 Å². The van der Waals surface area contributed by atoms with Gasteiger partial charge in [-0.05, 0) is 32.6 Å². The molecular weight excluding hydrogens is 214 g/mol. The molecule has 1 aliphatic heterocycles. The SMILES string of the molecule is CCOC1(c2ncc3c(n2)CNC3)CCCC1. The molecule has 0 unspecified atom stereocenters. The zero-order valence-corrected chi connectivity index (χ0v) is 10.3. The molecule has 0 bridgehead atoms. The van der Waals surface area contributed by atoms with Crippen LogP contribution in [0.4, 0.5) is 0 Å². The van der Waals surface area contributed by atoms with Crippen LogP contribution in [-0.4, -0.2) is 16.6 Å². The lowest BCUT2D eigenvalue weighted by Crippen LogP contribution is -2.29. The second-order valence-electron chi connectivity index (χ2n) is 4.90. The van der Waals surface area contributed by atoms with E-state index in [0.717, 1.165) is 44.1 Å². The highest BCUT2D eigenvalue weighted by atomic mass is 16.5. The Labute approximate surface area is 102 Å². The molecule has 0 radical (unpaired) electrons. The zero-order valence-electron chi connectivity index (χ0n) is 10.3. The number of nitrogens with one attached hydrogen (secondary N) is 1. The van der Waals surface area contributed by atoms with E-state index >= 15 is 0 Å². The Morgan fingerprint density at radius 1 is 1.35 bits per heavy atom. The first-order valence-electron chi connectivity index (χ1n) is 6.54. The highest BCUT2D eigenvalue weighted by Gasteiger charge is 2.39. The van der Waals surface area contributed by atoms with E-state index in [2.05, 4.69) is 17.2 Å². The minimum absolute atomic E-state index is 0.202. The molecule has 2 aliphatic rings. The topological polar surface area (TPSA) is 47.0 Å². The maximum atomic E-state index is 5.99. The van der Waals surface area contributed by atoms with Gasteiger partial charge in [-0.1, -0.05) is 0 Å². The maximum Gasteiger partial charge on any atom is 0.160 e. The van der Waals surface area contributed by atoms with Crippen molar-refractivity contribution in [1.82, 2.24) is 15.3 Å². The third-order valence-electron chi connectivity index (χ3n) is 3.80. The Hall–Kier alpha value is -1.00. The van der Waals surface area contributed by atoms with Crippen molar-refractivity contribution in [3.05, 3.63) is 23.3 Å². The van der Waals surface area contributed by atoms with Gasteiger partial charge >= 0.3 is 0 Å². The van der Waals surface area contributed by atoms with E-state index in [0.29, 0.717) is 0 Å². The molecule has 3 rings (SSSR count). The monoisotopic (exact) mass is 233 g/mol. The van der Waals surface area contributed by atoms with E-state index in [1.807, 2.05) is 6.20 Å². The lowest BCUT2D eigenvalue weighted by molar-refractivity contribution is -0.0458. The van der Waals surface area contributed by atoms with Crippen molar-refractivity contribution < 1.29 is 4.74 Å². The van der Waals surface area contributed by atoms with Gasteiger partial charge in [-0.15, -0.1) is 0 Å². The molecule has 4 heteroatoms. The summed E-state index contributed by atoms with van der Waals surface area (Å²) in [5.41, 5.74) is 2.19. The maximum absolute atomic E-state index is 5.99. The average molecular weight is 233 g/mol. The summed E-state index contributed by atoms with van der Waals surface area (Å²) in [6.45, 7) is 4.55. The fraction of sp³-hybridized carbons (Fsp3) is 0.692. The van der Waals surface area contributed by atoms with Gasteiger partial charge < -0.3 is 10.1 Å². The number of aromatic nitrogens is 2. The predicted octanol–water partition coefficient (Wildman–Crippen LogP) is 1.89. The van der Waals surface area contributed by atoms with Crippen LogP contribution in [0.5, 0.6) is 0 Å². The molecule has 1 saturated carbocycles. The van der Waals surface area contributed by atoms with Crippen LogP contribution < -0.4 is 5.32 Å². The molecule has 1 N–H and O–H groups in total. The Balaban J connectivity index is 1.96. The molecule has 1 aromatic heterocycles. The highest BCUT2D eigenvalue weighted by Crippen LogP contribution is 2.40. The van der Waals surface area contributed by atoms with E-state index in [-0.39, 0.29) is 5.60 Å². The summed E-state index contributed by atoms with van der Waals surface area (Å²) >= 11 is 0. The molecular formula is C13H19N3O. The van der Waals surface area contributed by atoms with E-state index in [1.165, 1.54) is 18.4 Å². The van der Waals surface area contributed by atoms with Gasteiger partial charge in [0.1, 0.15) is 5.60 Å². The van der Waals surface area contributed by atoms with Crippen molar-refractivity contribution in [3.8, 4) is 0 Å². The van der Waals surface area contributed by atoms with Gasteiger partial charge in [-0.3, -0.25) is 0 Å². The fourth-order valence-corrected chi connectivity index (χ4v) is 2.93. The van der Waals surface area contributed by atoms with Crippen molar-refractivity contribution in [1.29, 1.82) is 0 Å². The number of hydrogen-bond acceptors (Lipinski definition) is 4. The first-order chi connectivity index (χ1) is 8.34. The number of fused-ring (bicyclic) bond motifs is 1. The van der Waals surface area contributed by atoms with Gasteiger partial charge in [0.05, 0.1) is 5.69 Å². The summed E-state index contributed by atoms with van der Waals surface area (Å²) in [6.07, 6.45) is 6.54. The fourth-order valence-electron chi connectivity index (χ4n) is 2.93. The molecule has 1 aromatic rings. The summed E-state index contributed by atoms with van der Waals surface area (Å²) in [5.74, 6) is 0.902. The summed E-state index contributed by atoms with van der Waals surface area (Å²) in [5, 5.41) is 3.31. The molecule has 4 nitrogen and oxygen atoms in total. The van der Waals surface area contributed by atoms with Gasteiger partial charge in [-0.25, -0.2) is 9.97 Å². The Bertz CT molecular complexity index is 413. The molecule has 92 valence electrons. The number of rotatable bonds is 3. The molecule has 1 fully saturated rings. The summed E-state index contributed by atoms with van der Waals surface area (Å²) in [6, 6.07) is 0. The number of hydrogen-bond donors (Lipinski definition) is 1. The molecule has 0 atom stereocenters. The third-order valence-corrected chi connectivity index (χ3v) is 3.80. The Morgan fingerprint density at radius 3 is 2.94 bits per heavy atom. The van der Waals surface area contributed by atoms with Crippen LogP contribution in [0.3, 0.4) is 0 Å². The largest absolute Gasteiger partial charge is 0.367 e. The van der Waals surface area contributed by atoms with Crippen LogP contribution in [0.2, 0.25) is 0 Å².